The Hall–Kier alpha value is -3.23. The standard InChI is InChI=1S/C29H30N2OS2.C21H25BrO.ClH/c1-20-17-18-25-28(2,3)29(25,19-20)32-31-22-12-8-10-14-24(22)34-27(31)16-6-4-5-15-26-30-21-11-7-9-13-23(21)33-26;1-13-9-10-18-20(3,4)21(18,12-13)23-17-11-15-7-5-6-8-16(15)19(22)14(17)2;/h4-16,20,25H,17-19H2,1-3H3;5-8,11,13,18H,9-10,12H2,1-4H3;1H. The molecule has 4 nitrogen and oxygen atoms in total. The van der Waals surface area contributed by atoms with Crippen molar-refractivity contribution in [3.63, 3.8) is 0 Å². The molecule has 4 aliphatic carbocycles. The lowest BCUT2D eigenvalue weighted by molar-refractivity contribution is -0.883. The second kappa shape index (κ2) is 15.7. The smallest absolute Gasteiger partial charge is 0.313 e. The van der Waals surface area contributed by atoms with Gasteiger partial charge < -0.3 is 22.5 Å². The number of aromatic nitrogens is 1. The van der Waals surface area contributed by atoms with Gasteiger partial charge in [0.05, 0.1) is 10.7 Å². The monoisotopic (exact) mass is 894 g/mol. The highest BCUT2D eigenvalue weighted by atomic mass is 79.9. The number of rotatable bonds is 7. The number of anilines is 1. The van der Waals surface area contributed by atoms with Crippen LogP contribution in [-0.2, 0) is 0 Å². The first-order chi connectivity index (χ1) is 27.3. The molecule has 4 saturated carbocycles. The Morgan fingerprint density at radius 1 is 0.793 bits per heavy atom. The van der Waals surface area contributed by atoms with Crippen molar-refractivity contribution >= 4 is 71.8 Å². The van der Waals surface area contributed by atoms with E-state index in [-0.39, 0.29) is 29.0 Å². The summed E-state index contributed by atoms with van der Waals surface area (Å²) in [7, 11) is 0. The molecule has 6 unspecified atom stereocenters. The summed E-state index contributed by atoms with van der Waals surface area (Å²) in [6.45, 7) is 16.5. The average molecular weight is 897 g/mol. The first-order valence-corrected chi connectivity index (χ1v) is 23.4. The molecule has 1 N–H and O–H groups in total. The zero-order valence-corrected chi connectivity index (χ0v) is 38.8. The van der Waals surface area contributed by atoms with Gasteiger partial charge in [-0.05, 0) is 101 Å². The highest BCUT2D eigenvalue weighted by molar-refractivity contribution is 9.10. The number of hydrogen-bond acceptors (Lipinski definition) is 5. The van der Waals surface area contributed by atoms with Gasteiger partial charge in [0.1, 0.15) is 16.1 Å². The molecule has 5 aromatic rings. The number of benzene rings is 4. The molecule has 0 radical (unpaired) electrons. The number of thioether (sulfide) groups is 1. The van der Waals surface area contributed by atoms with Gasteiger partial charge >= 0.3 is 5.01 Å². The number of nitrogens with one attached hydrogen (secondary N) is 1. The van der Waals surface area contributed by atoms with Crippen LogP contribution in [0.25, 0.3) is 27.1 Å². The Morgan fingerprint density at radius 2 is 1.45 bits per heavy atom. The van der Waals surface area contributed by atoms with Crippen LogP contribution in [-0.4, -0.2) is 11.2 Å². The minimum atomic E-state index is -0.0532. The normalized spacial score (nSPS) is 29.2. The summed E-state index contributed by atoms with van der Waals surface area (Å²) in [5.41, 5.74) is 4.07. The molecule has 4 aromatic carbocycles. The van der Waals surface area contributed by atoms with Crippen molar-refractivity contribution in [3.05, 3.63) is 123 Å². The summed E-state index contributed by atoms with van der Waals surface area (Å²) in [6, 6.07) is 27.7. The summed E-state index contributed by atoms with van der Waals surface area (Å²) in [5, 5.41) is 8.25. The molecule has 58 heavy (non-hydrogen) atoms. The van der Waals surface area contributed by atoms with Gasteiger partial charge in [0, 0.05) is 54.5 Å². The van der Waals surface area contributed by atoms with Crippen LogP contribution < -0.4 is 32.0 Å². The van der Waals surface area contributed by atoms with Crippen LogP contribution in [0.4, 0.5) is 5.69 Å². The molecule has 4 fully saturated rings. The summed E-state index contributed by atoms with van der Waals surface area (Å²) in [6.07, 6.45) is 18.2. The third-order valence-corrected chi connectivity index (χ3v) is 17.5. The number of para-hydroxylation sites is 2. The van der Waals surface area contributed by atoms with Crippen LogP contribution in [0.3, 0.4) is 0 Å². The highest BCUT2D eigenvalue weighted by Crippen LogP contribution is 2.71. The van der Waals surface area contributed by atoms with E-state index < -0.39 is 0 Å². The third kappa shape index (κ3) is 7.04. The molecular weight excluding hydrogens is 840 g/mol. The summed E-state index contributed by atoms with van der Waals surface area (Å²) < 4.78 is 11.3. The van der Waals surface area contributed by atoms with E-state index in [1.54, 1.807) is 23.1 Å². The quantitative estimate of drug-likeness (QED) is 0.130. The van der Waals surface area contributed by atoms with Crippen molar-refractivity contribution in [2.75, 3.05) is 5.32 Å². The van der Waals surface area contributed by atoms with Gasteiger partial charge in [-0.3, -0.25) is 4.84 Å². The third-order valence-electron chi connectivity index (χ3n) is 14.4. The van der Waals surface area contributed by atoms with E-state index in [0.717, 1.165) is 33.6 Å². The number of thiazole rings is 1. The Labute approximate surface area is 368 Å². The average Bonchev–Trinajstić information content (AvgIpc) is 3.58. The van der Waals surface area contributed by atoms with Crippen molar-refractivity contribution in [2.45, 2.75) is 103 Å². The minimum Gasteiger partial charge on any atom is -1.00 e. The van der Waals surface area contributed by atoms with Gasteiger partial charge in [-0.2, -0.15) is 0 Å². The maximum absolute atomic E-state index is 6.99. The summed E-state index contributed by atoms with van der Waals surface area (Å²) in [5.74, 6) is 3.88. The van der Waals surface area contributed by atoms with E-state index in [1.165, 1.54) is 68.2 Å². The topological polar surface area (TPSA) is 34.4 Å². The lowest BCUT2D eigenvalue weighted by Gasteiger charge is -2.30. The zero-order valence-electron chi connectivity index (χ0n) is 34.8. The number of nitrogens with zero attached hydrogens (tertiary/aromatic N) is 1. The van der Waals surface area contributed by atoms with Crippen molar-refractivity contribution in [3.8, 4) is 5.75 Å². The predicted octanol–water partition coefficient (Wildman–Crippen LogP) is 11.0. The van der Waals surface area contributed by atoms with Crippen molar-refractivity contribution in [1.82, 2.24) is 0 Å². The van der Waals surface area contributed by atoms with E-state index in [1.807, 2.05) is 0 Å². The molecule has 10 rings (SSSR count). The molecule has 0 amide bonds. The number of allylic oxidation sites excluding steroid dienone is 4. The second-order valence-electron chi connectivity index (χ2n) is 18.5. The van der Waals surface area contributed by atoms with Crippen LogP contribution in [0.2, 0.25) is 0 Å². The molecule has 8 heteroatoms. The molecule has 0 spiro atoms. The second-order valence-corrected chi connectivity index (χ2v) is 21.5. The van der Waals surface area contributed by atoms with Crippen molar-refractivity contribution in [1.29, 1.82) is 0 Å². The van der Waals surface area contributed by atoms with Crippen LogP contribution in [0.5, 0.6) is 5.75 Å². The highest BCUT2D eigenvalue weighted by Gasteiger charge is 2.78. The molecule has 1 aliphatic heterocycles. The number of halogens is 2. The van der Waals surface area contributed by atoms with E-state index in [9.17, 15) is 0 Å². The minimum absolute atomic E-state index is 0. The number of fused-ring (bicyclic) bond motifs is 5. The molecule has 6 atom stereocenters. The number of ether oxygens (including phenoxy) is 1. The first-order valence-electron chi connectivity index (χ1n) is 20.9. The van der Waals surface area contributed by atoms with E-state index in [0.29, 0.717) is 23.2 Å². The summed E-state index contributed by atoms with van der Waals surface area (Å²) >= 11 is 7.35. The maximum atomic E-state index is 6.99. The Balaban J connectivity index is 0.000000171. The van der Waals surface area contributed by atoms with Gasteiger partial charge in [-0.15, -0.1) is 0 Å². The molecule has 0 saturated heterocycles. The largest absolute Gasteiger partial charge is 1.00 e. The van der Waals surface area contributed by atoms with Gasteiger partial charge in [-0.1, -0.05) is 144 Å². The molecule has 304 valence electrons. The SMILES string of the molecule is CC1CCC2C(C)(C)C2(O[n+]2c(C=CC=CC=C3Nc4ccccc4S3)sc3ccccc32)C1.Cc1c(OC23CC(C)CCC2C3(C)C)cc2ccccc2c1Br.[Cl-]. The molecule has 0 bridgehead atoms. The Bertz CT molecular complexity index is 2430. The van der Waals surface area contributed by atoms with Gasteiger partial charge in [-0.25, -0.2) is 0 Å². The van der Waals surface area contributed by atoms with Crippen molar-refractivity contribution in [2.24, 2.45) is 34.5 Å². The Kier molecular flexibility index (Phi) is 11.2. The fraction of sp³-hybridized carbons (Fsp3) is 0.420. The van der Waals surface area contributed by atoms with Gasteiger partial charge in [0.15, 0.2) is 5.60 Å². The molecule has 5 aliphatic rings. The molecular formula is C50H56BrClN2O2S2. The first kappa shape index (κ1) is 41.5. The van der Waals surface area contributed by atoms with E-state index in [4.69, 9.17) is 9.57 Å². The van der Waals surface area contributed by atoms with E-state index >= 15 is 0 Å². The lowest BCUT2D eigenvalue weighted by atomic mass is 9.88. The zero-order chi connectivity index (χ0) is 39.7. The van der Waals surface area contributed by atoms with Crippen LogP contribution in [0.1, 0.15) is 90.6 Å². The molecule has 2 heterocycles. The van der Waals surface area contributed by atoms with Crippen molar-refractivity contribution < 1.29 is 26.7 Å². The van der Waals surface area contributed by atoms with Gasteiger partial charge in [0.25, 0.3) is 5.52 Å². The van der Waals surface area contributed by atoms with Crippen LogP contribution >= 0.6 is 39.0 Å². The number of hydrogen-bond donors (Lipinski definition) is 1. The maximum Gasteiger partial charge on any atom is 0.313 e. The van der Waals surface area contributed by atoms with Crippen LogP contribution in [0, 0.1) is 41.4 Å². The predicted molar refractivity (Wildman–Crippen MR) is 244 cm³/mol. The Morgan fingerprint density at radius 3 is 2.22 bits per heavy atom. The fourth-order valence-corrected chi connectivity index (χ4v) is 13.3. The van der Waals surface area contributed by atoms with Crippen LogP contribution in [0.15, 0.2) is 118 Å². The lowest BCUT2D eigenvalue weighted by Crippen LogP contribution is -3.00. The summed E-state index contributed by atoms with van der Waals surface area (Å²) in [4.78, 5) is 8.26. The van der Waals surface area contributed by atoms with Gasteiger partial charge in [0.2, 0.25) is 0 Å². The molecule has 1 aromatic heterocycles. The van der Waals surface area contributed by atoms with E-state index in [2.05, 4.69) is 184 Å². The fourth-order valence-electron chi connectivity index (χ4n) is 10.8.